The van der Waals surface area contributed by atoms with E-state index in [1.54, 1.807) is 0 Å². The largest absolute Gasteiger partial charge is 0.349 e. The van der Waals surface area contributed by atoms with Crippen molar-refractivity contribution >= 4 is 28.6 Å². The highest BCUT2D eigenvalue weighted by Gasteiger charge is 2.33. The molecule has 0 amide bonds. The van der Waals surface area contributed by atoms with E-state index in [4.69, 9.17) is 21.6 Å². The minimum absolute atomic E-state index is 0.172. The number of anilines is 1. The minimum Gasteiger partial charge on any atom is -0.349 e. The Balaban J connectivity index is 1.88. The molecule has 148 valence electrons. The van der Waals surface area contributed by atoms with Crippen molar-refractivity contribution in [3.63, 3.8) is 0 Å². The van der Waals surface area contributed by atoms with E-state index in [0.717, 1.165) is 46.2 Å². The molecule has 1 fully saturated rings. The summed E-state index contributed by atoms with van der Waals surface area (Å²) in [7, 11) is 0. The fourth-order valence-corrected chi connectivity index (χ4v) is 4.06. The zero-order valence-electron chi connectivity index (χ0n) is 17.1. The van der Waals surface area contributed by atoms with Crippen LogP contribution in [-0.4, -0.2) is 37.0 Å². The maximum absolute atomic E-state index is 6.37. The Labute approximate surface area is 170 Å². The van der Waals surface area contributed by atoms with E-state index in [2.05, 4.69) is 49.8 Å². The van der Waals surface area contributed by atoms with Gasteiger partial charge < -0.3 is 4.90 Å². The molecule has 4 rings (SSSR count). The topological polar surface area (TPSA) is 59.7 Å². The van der Waals surface area contributed by atoms with Gasteiger partial charge in [0, 0.05) is 22.5 Å². The molecule has 1 aromatic carbocycles. The summed E-state index contributed by atoms with van der Waals surface area (Å²) < 4.78 is 1.84. The summed E-state index contributed by atoms with van der Waals surface area (Å²) in [4.78, 5) is 12.2. The molecule has 0 aliphatic carbocycles. The van der Waals surface area contributed by atoms with Crippen molar-refractivity contribution in [2.75, 3.05) is 4.90 Å². The van der Waals surface area contributed by atoms with Gasteiger partial charge in [-0.1, -0.05) is 55.8 Å². The van der Waals surface area contributed by atoms with E-state index in [1.807, 2.05) is 28.9 Å². The Morgan fingerprint density at radius 3 is 2.39 bits per heavy atom. The van der Waals surface area contributed by atoms with Crippen LogP contribution in [0.15, 0.2) is 24.3 Å². The summed E-state index contributed by atoms with van der Waals surface area (Å²) >= 11 is 6.37. The van der Waals surface area contributed by atoms with Crippen LogP contribution < -0.4 is 4.90 Å². The molecule has 0 radical (unpaired) electrons. The fourth-order valence-electron chi connectivity index (χ4n) is 3.86. The van der Waals surface area contributed by atoms with Crippen LogP contribution in [0, 0.1) is 0 Å². The maximum Gasteiger partial charge on any atom is 0.184 e. The van der Waals surface area contributed by atoms with E-state index in [0.29, 0.717) is 18.6 Å². The fraction of sp³-hybridized carbons (Fsp3) is 0.524. The lowest BCUT2D eigenvalue weighted by Gasteiger charge is -2.29. The highest BCUT2D eigenvalue weighted by atomic mass is 35.5. The molecule has 3 aromatic rings. The predicted molar refractivity (Wildman–Crippen MR) is 113 cm³/mol. The molecule has 3 heterocycles. The number of rotatable bonds is 3. The molecular formula is C21H27ClN6. The number of nitrogens with zero attached hydrogens (tertiary/aromatic N) is 6. The van der Waals surface area contributed by atoms with Crippen LogP contribution in [0.5, 0.6) is 0 Å². The van der Waals surface area contributed by atoms with E-state index in [9.17, 15) is 0 Å². The van der Waals surface area contributed by atoms with Gasteiger partial charge in [-0.3, -0.25) is 0 Å². The molecule has 28 heavy (non-hydrogen) atoms. The molecule has 2 atom stereocenters. The zero-order valence-corrected chi connectivity index (χ0v) is 17.9. The molecule has 0 saturated carbocycles. The Bertz CT molecular complexity index is 996. The average Bonchev–Trinajstić information content (AvgIpc) is 3.19. The van der Waals surface area contributed by atoms with Crippen molar-refractivity contribution in [2.45, 2.75) is 71.5 Å². The number of hydrogen-bond donors (Lipinski definition) is 0. The molecule has 0 spiro atoms. The highest BCUT2D eigenvalue weighted by Crippen LogP contribution is 2.34. The van der Waals surface area contributed by atoms with Crippen LogP contribution in [0.2, 0.25) is 5.02 Å². The van der Waals surface area contributed by atoms with Crippen molar-refractivity contribution in [3.8, 4) is 0 Å². The first kappa shape index (κ1) is 19.1. The van der Waals surface area contributed by atoms with E-state index in [-0.39, 0.29) is 5.41 Å². The second-order valence-corrected chi connectivity index (χ2v) is 9.22. The van der Waals surface area contributed by atoms with Crippen molar-refractivity contribution < 1.29 is 0 Å². The van der Waals surface area contributed by atoms with Gasteiger partial charge in [-0.25, -0.2) is 14.6 Å². The molecule has 1 saturated heterocycles. The monoisotopic (exact) mass is 398 g/mol. The van der Waals surface area contributed by atoms with Gasteiger partial charge in [0.15, 0.2) is 17.0 Å². The van der Waals surface area contributed by atoms with Gasteiger partial charge in [0.1, 0.15) is 5.82 Å². The van der Waals surface area contributed by atoms with Gasteiger partial charge in [0.05, 0.1) is 6.54 Å². The predicted octanol–water partition coefficient (Wildman–Crippen LogP) is 4.60. The Kier molecular flexibility index (Phi) is 4.78. The summed E-state index contributed by atoms with van der Waals surface area (Å²) in [5.41, 5.74) is 2.35. The summed E-state index contributed by atoms with van der Waals surface area (Å²) in [6.07, 6.45) is 2.32. The van der Waals surface area contributed by atoms with Crippen molar-refractivity contribution in [2.24, 2.45) is 0 Å². The average molecular weight is 399 g/mol. The third kappa shape index (κ3) is 3.34. The lowest BCUT2D eigenvalue weighted by Crippen LogP contribution is -2.34. The number of hydrogen-bond acceptors (Lipinski definition) is 5. The molecule has 1 aliphatic rings. The second kappa shape index (κ2) is 6.99. The van der Waals surface area contributed by atoms with Crippen LogP contribution in [0.25, 0.3) is 11.2 Å². The summed E-state index contributed by atoms with van der Waals surface area (Å²) in [6, 6.07) is 8.66. The second-order valence-electron chi connectivity index (χ2n) is 8.81. The summed E-state index contributed by atoms with van der Waals surface area (Å²) in [5.74, 6) is 1.71. The molecule has 6 nitrogen and oxygen atoms in total. The lowest BCUT2D eigenvalue weighted by molar-refractivity contribution is 0.542. The lowest BCUT2D eigenvalue weighted by atomic mass is 9.95. The van der Waals surface area contributed by atoms with Crippen molar-refractivity contribution in [1.29, 1.82) is 0 Å². The first-order valence-corrected chi connectivity index (χ1v) is 10.3. The maximum atomic E-state index is 6.37. The first-order chi connectivity index (χ1) is 13.3. The molecule has 2 aromatic heterocycles. The Morgan fingerprint density at radius 2 is 1.75 bits per heavy atom. The number of benzene rings is 1. The Morgan fingerprint density at radius 1 is 1.07 bits per heavy atom. The smallest absolute Gasteiger partial charge is 0.184 e. The number of halogens is 1. The van der Waals surface area contributed by atoms with Crippen LogP contribution in [0.3, 0.4) is 0 Å². The molecule has 1 aliphatic heterocycles. The van der Waals surface area contributed by atoms with Crippen molar-refractivity contribution in [3.05, 3.63) is 40.7 Å². The number of fused-ring (bicyclic) bond motifs is 1. The Hall–Kier alpha value is -2.21. The van der Waals surface area contributed by atoms with Gasteiger partial charge in [-0.2, -0.15) is 0 Å². The molecular weight excluding hydrogens is 372 g/mol. The van der Waals surface area contributed by atoms with Gasteiger partial charge in [0.25, 0.3) is 0 Å². The van der Waals surface area contributed by atoms with Gasteiger partial charge in [-0.15, -0.1) is 5.10 Å². The molecule has 0 N–H and O–H groups in total. The van der Waals surface area contributed by atoms with Crippen LogP contribution in [0.1, 0.15) is 58.8 Å². The van der Waals surface area contributed by atoms with Crippen LogP contribution in [0.4, 0.5) is 5.82 Å². The van der Waals surface area contributed by atoms with Gasteiger partial charge in [0.2, 0.25) is 0 Å². The van der Waals surface area contributed by atoms with E-state index >= 15 is 0 Å². The molecule has 0 unspecified atom stereocenters. The van der Waals surface area contributed by atoms with E-state index in [1.165, 1.54) is 0 Å². The van der Waals surface area contributed by atoms with E-state index < -0.39 is 0 Å². The van der Waals surface area contributed by atoms with Crippen LogP contribution in [-0.2, 0) is 12.0 Å². The van der Waals surface area contributed by atoms with Crippen LogP contribution >= 0.6 is 11.6 Å². The van der Waals surface area contributed by atoms with Gasteiger partial charge >= 0.3 is 0 Å². The third-order valence-corrected chi connectivity index (χ3v) is 5.86. The zero-order chi connectivity index (χ0) is 20.1. The van der Waals surface area contributed by atoms with Gasteiger partial charge in [-0.05, 0) is 38.3 Å². The highest BCUT2D eigenvalue weighted by molar-refractivity contribution is 6.31. The molecule has 7 heteroatoms. The van der Waals surface area contributed by atoms with Crippen molar-refractivity contribution in [1.82, 2.24) is 25.0 Å². The standard InChI is InChI=1S/C21H27ClN6/c1-13-10-11-14(2)28(13)19-17-18(23-20(24-19)21(3,4)5)27(26-25-17)12-15-8-6-7-9-16(15)22/h6-9,13-14H,10-12H2,1-5H3/t13-,14-/m1/s1. The number of aromatic nitrogens is 5. The normalized spacial score (nSPS) is 20.3. The molecule has 0 bridgehead atoms. The quantitative estimate of drug-likeness (QED) is 0.645. The SMILES string of the molecule is C[C@@H]1CC[C@@H](C)N1c1nc(C(C)(C)C)nc2c1nnn2Cc1ccccc1Cl. The summed E-state index contributed by atoms with van der Waals surface area (Å²) in [5, 5.41) is 9.62. The summed E-state index contributed by atoms with van der Waals surface area (Å²) in [6.45, 7) is 11.4. The third-order valence-electron chi connectivity index (χ3n) is 5.49. The minimum atomic E-state index is -0.172. The first-order valence-electron chi connectivity index (χ1n) is 9.89.